The number of aliphatic carboxylic acids is 1. The van der Waals surface area contributed by atoms with E-state index in [9.17, 15) is 4.79 Å². The molecule has 3 heteroatoms. The molecule has 0 spiro atoms. The van der Waals surface area contributed by atoms with Crippen molar-refractivity contribution in [3.63, 3.8) is 0 Å². The topological polar surface area (TPSA) is 40.5 Å². The van der Waals surface area contributed by atoms with E-state index in [4.69, 9.17) is 5.11 Å². The Bertz CT molecular complexity index is 206. The van der Waals surface area contributed by atoms with Gasteiger partial charge in [-0.05, 0) is 12.3 Å². The molecular weight excluding hydrogens is 130 g/mol. The first-order chi connectivity index (χ1) is 4.70. The van der Waals surface area contributed by atoms with Crippen LogP contribution in [0.1, 0.15) is 0 Å². The summed E-state index contributed by atoms with van der Waals surface area (Å²) in [4.78, 5) is 12.2. The summed E-state index contributed by atoms with van der Waals surface area (Å²) in [6.45, 7) is 0.679. The van der Waals surface area contributed by atoms with Crippen LogP contribution >= 0.6 is 0 Å². The fourth-order valence-electron chi connectivity index (χ4n) is 0.737. The second-order valence-electron chi connectivity index (χ2n) is 2.22. The number of rotatable bonds is 1. The molecule has 1 N–H and O–H groups in total. The molecule has 0 aromatic carbocycles. The molecule has 0 amide bonds. The maximum absolute atomic E-state index is 10.3. The van der Waals surface area contributed by atoms with E-state index in [0.717, 1.165) is 0 Å². The normalized spacial score (nSPS) is 16.9. The molecule has 0 bridgehead atoms. The lowest BCUT2D eigenvalue weighted by Gasteiger charge is -2.14. The van der Waals surface area contributed by atoms with Crippen LogP contribution in [-0.2, 0) is 4.79 Å². The van der Waals surface area contributed by atoms with Crippen molar-refractivity contribution in [1.29, 1.82) is 0 Å². The lowest BCUT2D eigenvalue weighted by molar-refractivity contribution is -0.132. The van der Waals surface area contributed by atoms with Gasteiger partial charge in [-0.15, -0.1) is 0 Å². The smallest absolute Gasteiger partial charge is 0.335 e. The van der Waals surface area contributed by atoms with Crippen LogP contribution in [0.5, 0.6) is 0 Å². The summed E-state index contributed by atoms with van der Waals surface area (Å²) >= 11 is 0. The number of carboxylic acids is 1. The van der Waals surface area contributed by atoms with E-state index < -0.39 is 5.97 Å². The lowest BCUT2D eigenvalue weighted by Crippen LogP contribution is -2.15. The zero-order chi connectivity index (χ0) is 7.56. The van der Waals surface area contributed by atoms with Crippen molar-refractivity contribution in [3.8, 4) is 0 Å². The van der Waals surface area contributed by atoms with Crippen LogP contribution in [-0.4, -0.2) is 29.6 Å². The van der Waals surface area contributed by atoms with Crippen molar-refractivity contribution in [2.75, 3.05) is 13.6 Å². The summed E-state index contributed by atoms with van der Waals surface area (Å²) in [7, 11) is 1.89. The van der Waals surface area contributed by atoms with E-state index in [-0.39, 0.29) is 0 Å². The minimum atomic E-state index is -0.857. The molecular formula is C7H9NO2. The first kappa shape index (κ1) is 6.86. The zero-order valence-corrected chi connectivity index (χ0v) is 5.74. The zero-order valence-electron chi connectivity index (χ0n) is 5.74. The van der Waals surface area contributed by atoms with Gasteiger partial charge in [0.05, 0.1) is 5.57 Å². The van der Waals surface area contributed by atoms with Crippen LogP contribution in [0.4, 0.5) is 0 Å². The van der Waals surface area contributed by atoms with E-state index in [2.05, 4.69) is 0 Å². The third-order valence-electron chi connectivity index (χ3n) is 1.35. The molecule has 0 unspecified atom stereocenters. The summed E-state index contributed by atoms with van der Waals surface area (Å²) in [5.41, 5.74) is 0.373. The fraction of sp³-hybridized carbons (Fsp3) is 0.286. The number of likely N-dealkylation sites (N-methyl/N-ethyl adjacent to an activating group) is 1. The van der Waals surface area contributed by atoms with Gasteiger partial charge in [-0.3, -0.25) is 0 Å². The summed E-state index contributed by atoms with van der Waals surface area (Å²) < 4.78 is 0. The van der Waals surface area contributed by atoms with Crippen molar-refractivity contribution in [3.05, 3.63) is 23.9 Å². The molecule has 0 aromatic heterocycles. The highest BCUT2D eigenvalue weighted by Crippen LogP contribution is 2.04. The van der Waals surface area contributed by atoms with Gasteiger partial charge in [0.15, 0.2) is 0 Å². The van der Waals surface area contributed by atoms with Gasteiger partial charge in [0, 0.05) is 13.6 Å². The number of carboxylic acid groups (broad SMARTS) is 1. The number of carbonyl (C=O) groups is 1. The Kier molecular flexibility index (Phi) is 1.76. The van der Waals surface area contributed by atoms with Gasteiger partial charge in [0.2, 0.25) is 0 Å². The van der Waals surface area contributed by atoms with Crippen molar-refractivity contribution < 1.29 is 9.90 Å². The minimum Gasteiger partial charge on any atom is -0.478 e. The van der Waals surface area contributed by atoms with E-state index in [0.29, 0.717) is 12.1 Å². The molecule has 10 heavy (non-hydrogen) atoms. The van der Waals surface area contributed by atoms with E-state index >= 15 is 0 Å². The van der Waals surface area contributed by atoms with Gasteiger partial charge in [-0.1, -0.05) is 6.08 Å². The minimum absolute atomic E-state index is 0.373. The van der Waals surface area contributed by atoms with Crippen molar-refractivity contribution in [1.82, 2.24) is 4.90 Å². The Hall–Kier alpha value is -1.25. The van der Waals surface area contributed by atoms with E-state index in [1.54, 1.807) is 18.4 Å². The van der Waals surface area contributed by atoms with Crippen LogP contribution in [0.2, 0.25) is 0 Å². The monoisotopic (exact) mass is 139 g/mol. The Balaban J connectivity index is 2.67. The SMILES string of the molecule is CN1C=CC(C(=O)O)=CC1. The van der Waals surface area contributed by atoms with Crippen LogP contribution < -0.4 is 0 Å². The molecule has 1 aliphatic heterocycles. The van der Waals surface area contributed by atoms with E-state index in [1.165, 1.54) is 0 Å². The van der Waals surface area contributed by atoms with Gasteiger partial charge in [-0.2, -0.15) is 0 Å². The van der Waals surface area contributed by atoms with Crippen molar-refractivity contribution in [2.24, 2.45) is 0 Å². The highest BCUT2D eigenvalue weighted by atomic mass is 16.4. The number of hydrogen-bond acceptors (Lipinski definition) is 2. The molecule has 0 atom stereocenters. The lowest BCUT2D eigenvalue weighted by atomic mass is 10.2. The second-order valence-corrected chi connectivity index (χ2v) is 2.22. The first-order valence-corrected chi connectivity index (χ1v) is 3.02. The highest BCUT2D eigenvalue weighted by molar-refractivity contribution is 5.90. The van der Waals surface area contributed by atoms with E-state index in [1.807, 2.05) is 11.9 Å². The van der Waals surface area contributed by atoms with Crippen molar-refractivity contribution >= 4 is 5.97 Å². The average molecular weight is 139 g/mol. The Morgan fingerprint density at radius 3 is 2.90 bits per heavy atom. The molecule has 0 fully saturated rings. The van der Waals surface area contributed by atoms with Gasteiger partial charge < -0.3 is 10.0 Å². The molecule has 0 radical (unpaired) electrons. The molecule has 1 heterocycles. The third kappa shape index (κ3) is 1.37. The maximum Gasteiger partial charge on any atom is 0.335 e. The molecule has 1 rings (SSSR count). The van der Waals surface area contributed by atoms with Gasteiger partial charge in [0.25, 0.3) is 0 Å². The summed E-state index contributed by atoms with van der Waals surface area (Å²) in [6, 6.07) is 0. The Morgan fingerprint density at radius 2 is 2.50 bits per heavy atom. The van der Waals surface area contributed by atoms with Gasteiger partial charge >= 0.3 is 5.97 Å². The fourth-order valence-corrected chi connectivity index (χ4v) is 0.737. The summed E-state index contributed by atoms with van der Waals surface area (Å²) in [5, 5.41) is 8.49. The molecule has 0 saturated carbocycles. The predicted molar refractivity (Wildman–Crippen MR) is 37.5 cm³/mol. The summed E-state index contributed by atoms with van der Waals surface area (Å²) in [5.74, 6) is -0.857. The number of hydrogen-bond donors (Lipinski definition) is 1. The molecule has 54 valence electrons. The van der Waals surface area contributed by atoms with Gasteiger partial charge in [0.1, 0.15) is 0 Å². The molecule has 3 nitrogen and oxygen atoms in total. The average Bonchev–Trinajstić information content (AvgIpc) is 1.88. The number of nitrogens with zero attached hydrogens (tertiary/aromatic N) is 1. The standard InChI is InChI=1S/C7H9NO2/c1-8-4-2-6(3-5-8)7(9)10/h2-4H,5H2,1H3,(H,9,10). The molecule has 0 aromatic rings. The Morgan fingerprint density at radius 1 is 1.80 bits per heavy atom. The van der Waals surface area contributed by atoms with Crippen LogP contribution in [0.15, 0.2) is 23.9 Å². The van der Waals surface area contributed by atoms with Crippen LogP contribution in [0, 0.1) is 0 Å². The van der Waals surface area contributed by atoms with Gasteiger partial charge in [-0.25, -0.2) is 4.79 Å². The predicted octanol–water partition coefficient (Wildman–Crippen LogP) is 0.456. The third-order valence-corrected chi connectivity index (χ3v) is 1.35. The molecule has 0 aliphatic carbocycles. The molecule has 1 aliphatic rings. The Labute approximate surface area is 59.3 Å². The second kappa shape index (κ2) is 2.56. The largest absolute Gasteiger partial charge is 0.478 e. The first-order valence-electron chi connectivity index (χ1n) is 3.02. The molecule has 0 saturated heterocycles. The summed E-state index contributed by atoms with van der Waals surface area (Å²) in [6.07, 6.45) is 5.03. The van der Waals surface area contributed by atoms with Crippen LogP contribution in [0.25, 0.3) is 0 Å². The quantitative estimate of drug-likeness (QED) is 0.573. The highest BCUT2D eigenvalue weighted by Gasteiger charge is 2.05. The van der Waals surface area contributed by atoms with Crippen LogP contribution in [0.3, 0.4) is 0 Å². The maximum atomic E-state index is 10.3. The van der Waals surface area contributed by atoms with Crippen molar-refractivity contribution in [2.45, 2.75) is 0 Å².